The van der Waals surface area contributed by atoms with Gasteiger partial charge < -0.3 is 10.1 Å². The predicted molar refractivity (Wildman–Crippen MR) is 75.9 cm³/mol. The van der Waals surface area contributed by atoms with Crippen molar-refractivity contribution in [2.45, 2.75) is 52.0 Å². The predicted octanol–water partition coefficient (Wildman–Crippen LogP) is 2.27. The van der Waals surface area contributed by atoms with Crippen LogP contribution in [0.2, 0.25) is 0 Å². The van der Waals surface area contributed by atoms with Crippen LogP contribution in [0.25, 0.3) is 0 Å². The van der Waals surface area contributed by atoms with E-state index in [1.807, 2.05) is 0 Å². The van der Waals surface area contributed by atoms with Crippen LogP contribution in [0.1, 0.15) is 46.5 Å². The zero-order valence-electron chi connectivity index (χ0n) is 12.4. The van der Waals surface area contributed by atoms with Crippen molar-refractivity contribution in [1.29, 1.82) is 0 Å². The first-order valence-corrected chi connectivity index (χ1v) is 7.62. The number of hydrogen-bond acceptors (Lipinski definition) is 3. The van der Waals surface area contributed by atoms with Gasteiger partial charge in [0.25, 0.3) is 0 Å². The highest BCUT2D eigenvalue weighted by molar-refractivity contribution is 4.94. The summed E-state index contributed by atoms with van der Waals surface area (Å²) in [5.41, 5.74) is 0.841. The Balaban J connectivity index is 2.00. The van der Waals surface area contributed by atoms with Crippen molar-refractivity contribution in [3.63, 3.8) is 0 Å². The molecule has 1 N–H and O–H groups in total. The molecule has 0 aromatic heterocycles. The minimum Gasteiger partial charge on any atom is -0.381 e. The third-order valence-corrected chi connectivity index (χ3v) is 4.90. The molecule has 0 spiro atoms. The molecule has 0 unspecified atom stereocenters. The summed E-state index contributed by atoms with van der Waals surface area (Å²) in [7, 11) is 0. The van der Waals surface area contributed by atoms with Crippen molar-refractivity contribution >= 4 is 0 Å². The maximum absolute atomic E-state index is 5.57. The number of ether oxygens (including phenoxy) is 1. The minimum absolute atomic E-state index is 0.400. The van der Waals surface area contributed by atoms with Gasteiger partial charge in [-0.05, 0) is 58.0 Å². The summed E-state index contributed by atoms with van der Waals surface area (Å²) in [6, 6.07) is 0. The van der Waals surface area contributed by atoms with Crippen molar-refractivity contribution in [3.8, 4) is 0 Å². The van der Waals surface area contributed by atoms with E-state index in [0.29, 0.717) is 11.0 Å². The maximum Gasteiger partial charge on any atom is 0.0472 e. The summed E-state index contributed by atoms with van der Waals surface area (Å²) < 4.78 is 5.57. The van der Waals surface area contributed by atoms with Crippen LogP contribution in [-0.2, 0) is 4.74 Å². The lowest BCUT2D eigenvalue weighted by Gasteiger charge is -2.44. The Morgan fingerprint density at radius 3 is 2.44 bits per heavy atom. The molecule has 2 rings (SSSR count). The lowest BCUT2D eigenvalue weighted by atomic mass is 9.78. The van der Waals surface area contributed by atoms with E-state index in [0.717, 1.165) is 26.3 Å². The van der Waals surface area contributed by atoms with Gasteiger partial charge in [-0.2, -0.15) is 0 Å². The first kappa shape index (κ1) is 14.3. The quantitative estimate of drug-likeness (QED) is 0.814. The van der Waals surface area contributed by atoms with Gasteiger partial charge in [-0.1, -0.05) is 6.92 Å². The van der Waals surface area contributed by atoms with Gasteiger partial charge in [0.1, 0.15) is 0 Å². The molecule has 0 bridgehead atoms. The molecular weight excluding hydrogens is 224 g/mol. The molecule has 3 heteroatoms. The molecule has 2 fully saturated rings. The fourth-order valence-electron chi connectivity index (χ4n) is 3.45. The summed E-state index contributed by atoms with van der Waals surface area (Å²) in [4.78, 5) is 2.72. The molecule has 0 aromatic rings. The van der Waals surface area contributed by atoms with E-state index in [2.05, 4.69) is 31.0 Å². The van der Waals surface area contributed by atoms with Gasteiger partial charge >= 0.3 is 0 Å². The Bertz CT molecular complexity index is 259. The Labute approximate surface area is 112 Å². The average Bonchev–Trinajstić information content (AvgIpc) is 2.67. The number of rotatable bonds is 5. The molecule has 0 saturated carbocycles. The highest BCUT2D eigenvalue weighted by Gasteiger charge is 2.40. The molecular formula is C15H30N2O. The lowest BCUT2D eigenvalue weighted by Crippen LogP contribution is -2.51. The SMILES string of the molecule is CCNCC1(CN2CCCC2(C)C)CCOCC1. The molecule has 18 heavy (non-hydrogen) atoms. The molecule has 0 amide bonds. The molecule has 0 aromatic carbocycles. The molecule has 2 heterocycles. The molecule has 2 aliphatic rings. The largest absolute Gasteiger partial charge is 0.381 e. The second kappa shape index (κ2) is 5.89. The van der Waals surface area contributed by atoms with E-state index in [4.69, 9.17) is 4.74 Å². The van der Waals surface area contributed by atoms with Crippen molar-refractivity contribution in [2.24, 2.45) is 5.41 Å². The van der Waals surface area contributed by atoms with Gasteiger partial charge in [0.05, 0.1) is 0 Å². The normalized spacial score (nSPS) is 27.5. The van der Waals surface area contributed by atoms with Crippen LogP contribution in [0.4, 0.5) is 0 Å². The van der Waals surface area contributed by atoms with Gasteiger partial charge in [0.2, 0.25) is 0 Å². The standard InChI is InChI=1S/C15H30N2O/c1-4-16-12-15(7-10-18-11-8-15)13-17-9-5-6-14(17,2)3/h16H,4-13H2,1-3H3. The van der Waals surface area contributed by atoms with Gasteiger partial charge in [0, 0.05) is 31.8 Å². The second-order valence-corrected chi connectivity index (χ2v) is 6.73. The highest BCUT2D eigenvalue weighted by Crippen LogP contribution is 2.36. The van der Waals surface area contributed by atoms with Crippen LogP contribution in [-0.4, -0.2) is 49.8 Å². The number of nitrogens with one attached hydrogen (secondary N) is 1. The van der Waals surface area contributed by atoms with E-state index in [1.54, 1.807) is 0 Å². The summed E-state index contributed by atoms with van der Waals surface area (Å²) in [6.07, 6.45) is 5.14. The molecule has 2 aliphatic heterocycles. The van der Waals surface area contributed by atoms with Crippen LogP contribution in [0.3, 0.4) is 0 Å². The van der Waals surface area contributed by atoms with Crippen molar-refractivity contribution in [3.05, 3.63) is 0 Å². The minimum atomic E-state index is 0.400. The van der Waals surface area contributed by atoms with E-state index >= 15 is 0 Å². The van der Waals surface area contributed by atoms with Crippen molar-refractivity contribution < 1.29 is 4.74 Å². The fourth-order valence-corrected chi connectivity index (χ4v) is 3.45. The second-order valence-electron chi connectivity index (χ2n) is 6.73. The van der Waals surface area contributed by atoms with E-state index < -0.39 is 0 Å². The van der Waals surface area contributed by atoms with Gasteiger partial charge in [-0.15, -0.1) is 0 Å². The first-order valence-electron chi connectivity index (χ1n) is 7.62. The molecule has 0 radical (unpaired) electrons. The van der Waals surface area contributed by atoms with E-state index in [1.165, 1.54) is 38.8 Å². The Hall–Kier alpha value is -0.120. The van der Waals surface area contributed by atoms with E-state index in [9.17, 15) is 0 Å². The molecule has 3 nitrogen and oxygen atoms in total. The van der Waals surface area contributed by atoms with Crippen LogP contribution < -0.4 is 5.32 Å². The monoisotopic (exact) mass is 254 g/mol. The van der Waals surface area contributed by atoms with Gasteiger partial charge in [-0.3, -0.25) is 4.90 Å². The summed E-state index contributed by atoms with van der Waals surface area (Å²) in [5, 5.41) is 3.58. The number of likely N-dealkylation sites (tertiary alicyclic amines) is 1. The summed E-state index contributed by atoms with van der Waals surface area (Å²) in [5.74, 6) is 0. The van der Waals surface area contributed by atoms with Crippen LogP contribution in [0.5, 0.6) is 0 Å². The lowest BCUT2D eigenvalue weighted by molar-refractivity contribution is -0.0144. The zero-order chi connectivity index (χ0) is 13.1. The van der Waals surface area contributed by atoms with Crippen LogP contribution in [0.15, 0.2) is 0 Å². The van der Waals surface area contributed by atoms with Gasteiger partial charge in [-0.25, -0.2) is 0 Å². The van der Waals surface area contributed by atoms with E-state index in [-0.39, 0.29) is 0 Å². The number of nitrogens with zero attached hydrogens (tertiary/aromatic N) is 1. The molecule has 0 aliphatic carbocycles. The third-order valence-electron chi connectivity index (χ3n) is 4.90. The average molecular weight is 254 g/mol. The Morgan fingerprint density at radius 1 is 1.17 bits per heavy atom. The fraction of sp³-hybridized carbons (Fsp3) is 1.00. The third kappa shape index (κ3) is 3.25. The molecule has 0 atom stereocenters. The smallest absolute Gasteiger partial charge is 0.0472 e. The van der Waals surface area contributed by atoms with Crippen LogP contribution >= 0.6 is 0 Å². The Kier molecular flexibility index (Phi) is 4.68. The maximum atomic E-state index is 5.57. The highest BCUT2D eigenvalue weighted by atomic mass is 16.5. The molecule has 106 valence electrons. The van der Waals surface area contributed by atoms with Crippen molar-refractivity contribution in [1.82, 2.24) is 10.2 Å². The zero-order valence-corrected chi connectivity index (χ0v) is 12.4. The number of hydrogen-bond donors (Lipinski definition) is 1. The summed E-state index contributed by atoms with van der Waals surface area (Å²) in [6.45, 7) is 13.6. The first-order chi connectivity index (χ1) is 8.58. The summed E-state index contributed by atoms with van der Waals surface area (Å²) >= 11 is 0. The molecule has 2 saturated heterocycles. The topological polar surface area (TPSA) is 24.5 Å². The van der Waals surface area contributed by atoms with Gasteiger partial charge in [0.15, 0.2) is 0 Å². The van der Waals surface area contributed by atoms with Crippen molar-refractivity contribution in [2.75, 3.05) is 39.4 Å². The Morgan fingerprint density at radius 2 is 1.89 bits per heavy atom. The van der Waals surface area contributed by atoms with Crippen LogP contribution in [0, 0.1) is 5.41 Å².